The summed E-state index contributed by atoms with van der Waals surface area (Å²) in [6.07, 6.45) is -0.625. The lowest BCUT2D eigenvalue weighted by atomic mass is 10.2. The fraction of sp³-hybridized carbons (Fsp3) is 0.350. The van der Waals surface area contributed by atoms with Crippen molar-refractivity contribution in [2.45, 2.75) is 6.10 Å². The first-order valence-electron chi connectivity index (χ1n) is 9.34. The molecule has 0 amide bonds. The summed E-state index contributed by atoms with van der Waals surface area (Å²) < 4.78 is 10.7. The van der Waals surface area contributed by atoms with Crippen LogP contribution in [0, 0.1) is 0 Å². The molecule has 154 valence electrons. The fourth-order valence-corrected chi connectivity index (χ4v) is 3.72. The fourth-order valence-electron chi connectivity index (χ4n) is 3.43. The standard InChI is InChI=1S/C20H21Cl2N3O4/c21-16-3-1-13(9-17(16)22)25-7-5-24(6-8-25)11-14(26)12-28-15-2-4-18-19(10-15)29-20(27)23-18/h1-4,9-10,14,26H,5-8,11-12H2,(H,23,27). The number of nitrogens with zero attached hydrogens (tertiary/aromatic N) is 2. The molecular weight excluding hydrogens is 417 g/mol. The molecule has 3 aromatic rings. The number of fused-ring (bicyclic) bond motifs is 1. The molecule has 2 aromatic carbocycles. The second kappa shape index (κ2) is 8.67. The van der Waals surface area contributed by atoms with Gasteiger partial charge in [0, 0.05) is 44.5 Å². The molecule has 1 aromatic heterocycles. The van der Waals surface area contributed by atoms with Crippen molar-refractivity contribution in [2.24, 2.45) is 0 Å². The van der Waals surface area contributed by atoms with E-state index in [1.54, 1.807) is 18.2 Å². The SMILES string of the molecule is O=c1[nH]c2ccc(OCC(O)CN3CCN(c4ccc(Cl)c(Cl)c4)CC3)cc2o1. The Balaban J connectivity index is 1.25. The van der Waals surface area contributed by atoms with Crippen LogP contribution in [0.1, 0.15) is 0 Å². The maximum absolute atomic E-state index is 11.2. The van der Waals surface area contributed by atoms with Crippen molar-refractivity contribution >= 4 is 40.0 Å². The first kappa shape index (κ1) is 20.1. The van der Waals surface area contributed by atoms with E-state index in [2.05, 4.69) is 14.8 Å². The largest absolute Gasteiger partial charge is 0.491 e. The van der Waals surface area contributed by atoms with Gasteiger partial charge >= 0.3 is 5.76 Å². The van der Waals surface area contributed by atoms with E-state index in [4.69, 9.17) is 32.4 Å². The van der Waals surface area contributed by atoms with Gasteiger partial charge in [-0.2, -0.15) is 0 Å². The van der Waals surface area contributed by atoms with Gasteiger partial charge in [0.1, 0.15) is 18.5 Å². The Labute approximate surface area is 177 Å². The number of aliphatic hydroxyl groups excluding tert-OH is 1. The summed E-state index contributed by atoms with van der Waals surface area (Å²) in [6, 6.07) is 10.7. The third-order valence-electron chi connectivity index (χ3n) is 4.94. The molecule has 0 aliphatic carbocycles. The van der Waals surface area contributed by atoms with Crippen molar-refractivity contribution in [1.82, 2.24) is 9.88 Å². The molecule has 1 saturated heterocycles. The lowest BCUT2D eigenvalue weighted by Gasteiger charge is -2.37. The van der Waals surface area contributed by atoms with Gasteiger partial charge in [-0.1, -0.05) is 23.2 Å². The molecule has 1 fully saturated rings. The number of oxazole rings is 1. The molecule has 1 aliphatic heterocycles. The summed E-state index contributed by atoms with van der Waals surface area (Å²) in [5.74, 6) is 0.0425. The van der Waals surface area contributed by atoms with Gasteiger partial charge in [0.15, 0.2) is 5.58 Å². The second-order valence-electron chi connectivity index (χ2n) is 7.02. The number of rotatable bonds is 6. The molecule has 2 heterocycles. The van der Waals surface area contributed by atoms with Gasteiger partial charge in [-0.05, 0) is 30.3 Å². The first-order valence-corrected chi connectivity index (χ1v) is 10.1. The molecule has 9 heteroatoms. The van der Waals surface area contributed by atoms with Crippen molar-refractivity contribution in [3.63, 3.8) is 0 Å². The number of nitrogens with one attached hydrogen (secondary N) is 1. The van der Waals surface area contributed by atoms with E-state index in [0.717, 1.165) is 31.9 Å². The van der Waals surface area contributed by atoms with Crippen molar-refractivity contribution in [3.8, 4) is 5.75 Å². The van der Waals surface area contributed by atoms with Crippen LogP contribution in [-0.2, 0) is 0 Å². The number of H-pyrrole nitrogens is 1. The van der Waals surface area contributed by atoms with E-state index < -0.39 is 11.9 Å². The monoisotopic (exact) mass is 437 g/mol. The third kappa shape index (κ3) is 4.87. The van der Waals surface area contributed by atoms with Crippen molar-refractivity contribution in [3.05, 3.63) is 57.0 Å². The molecule has 0 bridgehead atoms. The zero-order valence-electron chi connectivity index (χ0n) is 15.6. The minimum absolute atomic E-state index is 0.160. The van der Waals surface area contributed by atoms with Crippen molar-refractivity contribution in [2.75, 3.05) is 44.2 Å². The van der Waals surface area contributed by atoms with Crippen LogP contribution in [0.25, 0.3) is 11.1 Å². The van der Waals surface area contributed by atoms with Gasteiger partial charge in [0.2, 0.25) is 0 Å². The second-order valence-corrected chi connectivity index (χ2v) is 7.84. The summed E-state index contributed by atoms with van der Waals surface area (Å²) in [5, 5.41) is 11.4. The summed E-state index contributed by atoms with van der Waals surface area (Å²) in [5.41, 5.74) is 2.10. The average Bonchev–Trinajstić information content (AvgIpc) is 3.08. The molecule has 1 aliphatic rings. The molecule has 0 radical (unpaired) electrons. The van der Waals surface area contributed by atoms with E-state index in [0.29, 0.717) is 33.4 Å². The minimum Gasteiger partial charge on any atom is -0.491 e. The lowest BCUT2D eigenvalue weighted by molar-refractivity contribution is 0.0663. The van der Waals surface area contributed by atoms with Gasteiger partial charge in [0.25, 0.3) is 0 Å². The van der Waals surface area contributed by atoms with Crippen LogP contribution >= 0.6 is 23.2 Å². The highest BCUT2D eigenvalue weighted by Gasteiger charge is 2.20. The zero-order chi connectivity index (χ0) is 20.4. The van der Waals surface area contributed by atoms with Gasteiger partial charge in [-0.15, -0.1) is 0 Å². The Kier molecular flexibility index (Phi) is 6.01. The van der Waals surface area contributed by atoms with Crippen LogP contribution in [-0.4, -0.2) is 60.4 Å². The maximum Gasteiger partial charge on any atom is 0.417 e. The molecular formula is C20H21Cl2N3O4. The topological polar surface area (TPSA) is 81.9 Å². The van der Waals surface area contributed by atoms with Crippen LogP contribution in [0.3, 0.4) is 0 Å². The summed E-state index contributed by atoms with van der Waals surface area (Å²) in [6.45, 7) is 4.03. The maximum atomic E-state index is 11.2. The third-order valence-corrected chi connectivity index (χ3v) is 5.68. The van der Waals surface area contributed by atoms with E-state index in [1.807, 2.05) is 18.2 Å². The van der Waals surface area contributed by atoms with Gasteiger partial charge in [0.05, 0.1) is 15.6 Å². The van der Waals surface area contributed by atoms with E-state index in [9.17, 15) is 9.90 Å². The summed E-state index contributed by atoms with van der Waals surface area (Å²) in [7, 11) is 0. The quantitative estimate of drug-likeness (QED) is 0.616. The number of aliphatic hydroxyl groups is 1. The highest BCUT2D eigenvalue weighted by Crippen LogP contribution is 2.27. The number of benzene rings is 2. The predicted molar refractivity (Wildman–Crippen MR) is 113 cm³/mol. The number of hydrogen-bond acceptors (Lipinski definition) is 6. The van der Waals surface area contributed by atoms with Crippen LogP contribution in [0.5, 0.6) is 5.75 Å². The van der Waals surface area contributed by atoms with Gasteiger partial charge in [-0.3, -0.25) is 9.88 Å². The van der Waals surface area contributed by atoms with Crippen LogP contribution in [0.15, 0.2) is 45.6 Å². The van der Waals surface area contributed by atoms with E-state index in [1.165, 1.54) is 0 Å². The first-order chi connectivity index (χ1) is 14.0. The Morgan fingerprint density at radius 3 is 2.66 bits per heavy atom. The highest BCUT2D eigenvalue weighted by molar-refractivity contribution is 6.42. The van der Waals surface area contributed by atoms with Gasteiger partial charge < -0.3 is 19.2 Å². The molecule has 7 nitrogen and oxygen atoms in total. The molecule has 4 rings (SSSR count). The van der Waals surface area contributed by atoms with Crippen molar-refractivity contribution < 1.29 is 14.3 Å². The number of anilines is 1. The predicted octanol–water partition coefficient (Wildman–Crippen LogP) is 2.99. The molecule has 0 spiro atoms. The molecule has 29 heavy (non-hydrogen) atoms. The zero-order valence-corrected chi connectivity index (χ0v) is 17.1. The van der Waals surface area contributed by atoms with Gasteiger partial charge in [-0.25, -0.2) is 4.79 Å². The number of ether oxygens (including phenoxy) is 1. The Morgan fingerprint density at radius 1 is 1.10 bits per heavy atom. The smallest absolute Gasteiger partial charge is 0.417 e. The van der Waals surface area contributed by atoms with E-state index in [-0.39, 0.29) is 6.61 Å². The van der Waals surface area contributed by atoms with Crippen LogP contribution in [0.4, 0.5) is 5.69 Å². The minimum atomic E-state index is -0.625. The number of piperazine rings is 1. The Hall–Kier alpha value is -2.19. The molecule has 1 atom stereocenters. The van der Waals surface area contributed by atoms with Crippen molar-refractivity contribution in [1.29, 1.82) is 0 Å². The van der Waals surface area contributed by atoms with Crippen LogP contribution in [0.2, 0.25) is 10.0 Å². The lowest BCUT2D eigenvalue weighted by Crippen LogP contribution is -2.49. The number of hydrogen-bond donors (Lipinski definition) is 2. The van der Waals surface area contributed by atoms with E-state index >= 15 is 0 Å². The highest BCUT2D eigenvalue weighted by atomic mass is 35.5. The number of β-amino-alcohol motifs (C(OH)–C–C–N with tert-alkyl or cyclic N) is 1. The number of aromatic nitrogens is 1. The number of aromatic amines is 1. The molecule has 1 unspecified atom stereocenters. The average molecular weight is 438 g/mol. The summed E-state index contributed by atoms with van der Waals surface area (Å²) >= 11 is 12.1. The normalized spacial score (nSPS) is 16.3. The molecule has 0 saturated carbocycles. The Morgan fingerprint density at radius 2 is 1.90 bits per heavy atom. The summed E-state index contributed by atoms with van der Waals surface area (Å²) in [4.78, 5) is 18.2. The van der Waals surface area contributed by atoms with Crippen LogP contribution < -0.4 is 15.4 Å². The molecule has 2 N–H and O–H groups in total. The Bertz CT molecular complexity index is 1040. The number of halogens is 2.